The Balaban J connectivity index is 1.90. The van der Waals surface area contributed by atoms with Gasteiger partial charge >= 0.3 is 0 Å². The molecule has 35 heavy (non-hydrogen) atoms. The van der Waals surface area contributed by atoms with E-state index in [2.05, 4.69) is 5.32 Å². The molecule has 4 nitrogen and oxygen atoms in total. The Morgan fingerprint density at radius 3 is 2.09 bits per heavy atom. The Labute approximate surface area is 222 Å². The summed E-state index contributed by atoms with van der Waals surface area (Å²) in [6, 6.07) is 24.2. The van der Waals surface area contributed by atoms with Crippen molar-refractivity contribution in [2.75, 3.05) is 5.75 Å². The molecule has 0 fully saturated rings. The summed E-state index contributed by atoms with van der Waals surface area (Å²) in [5, 5.41) is 3.93. The highest BCUT2D eigenvalue weighted by atomic mass is 35.5. The fourth-order valence-electron chi connectivity index (χ4n) is 3.70. The maximum atomic E-state index is 13.6. The van der Waals surface area contributed by atoms with E-state index in [0.717, 1.165) is 10.5 Å². The molecule has 184 valence electrons. The lowest BCUT2D eigenvalue weighted by atomic mass is 10.0. The van der Waals surface area contributed by atoms with Crippen molar-refractivity contribution in [2.24, 2.45) is 0 Å². The maximum Gasteiger partial charge on any atom is 0.243 e. The summed E-state index contributed by atoms with van der Waals surface area (Å²) in [5.41, 5.74) is 1.61. The van der Waals surface area contributed by atoms with Gasteiger partial charge in [-0.05, 0) is 43.7 Å². The van der Waals surface area contributed by atoms with Crippen LogP contribution in [0.15, 0.2) is 83.8 Å². The SMILES string of the molecule is CC(C)NC(=O)C(Cc1ccccc1)N(Cc1c(Cl)cccc1Cl)C(=O)CCSc1ccccc1. The molecule has 1 N–H and O–H groups in total. The van der Waals surface area contributed by atoms with Gasteiger partial charge in [-0.2, -0.15) is 0 Å². The molecular weight excluding hydrogens is 499 g/mol. The number of benzene rings is 3. The molecule has 3 aromatic carbocycles. The van der Waals surface area contributed by atoms with Crippen LogP contribution in [0.4, 0.5) is 0 Å². The number of carbonyl (C=O) groups is 2. The van der Waals surface area contributed by atoms with Crippen LogP contribution in [0, 0.1) is 0 Å². The number of hydrogen-bond donors (Lipinski definition) is 1. The van der Waals surface area contributed by atoms with Crippen LogP contribution in [0.1, 0.15) is 31.4 Å². The number of thioether (sulfide) groups is 1. The van der Waals surface area contributed by atoms with E-state index in [1.807, 2.05) is 74.5 Å². The summed E-state index contributed by atoms with van der Waals surface area (Å²) >= 11 is 14.5. The van der Waals surface area contributed by atoms with Gasteiger partial charge in [0, 0.05) is 51.7 Å². The van der Waals surface area contributed by atoms with Crippen molar-refractivity contribution in [1.82, 2.24) is 10.2 Å². The molecule has 0 saturated heterocycles. The van der Waals surface area contributed by atoms with Gasteiger partial charge in [0.2, 0.25) is 11.8 Å². The first-order valence-corrected chi connectivity index (χ1v) is 13.3. The number of halogens is 2. The Morgan fingerprint density at radius 2 is 1.49 bits per heavy atom. The van der Waals surface area contributed by atoms with Crippen molar-refractivity contribution < 1.29 is 9.59 Å². The van der Waals surface area contributed by atoms with Gasteiger partial charge in [0.05, 0.1) is 0 Å². The molecule has 0 heterocycles. The molecule has 2 amide bonds. The molecule has 0 aromatic heterocycles. The lowest BCUT2D eigenvalue weighted by Crippen LogP contribution is -2.52. The summed E-state index contributed by atoms with van der Waals surface area (Å²) in [7, 11) is 0. The van der Waals surface area contributed by atoms with Crippen LogP contribution in [0.25, 0.3) is 0 Å². The van der Waals surface area contributed by atoms with E-state index >= 15 is 0 Å². The van der Waals surface area contributed by atoms with Crippen molar-refractivity contribution in [3.8, 4) is 0 Å². The molecule has 0 spiro atoms. The second-order valence-electron chi connectivity index (χ2n) is 8.50. The predicted octanol–water partition coefficient (Wildman–Crippen LogP) is 6.64. The van der Waals surface area contributed by atoms with Crippen LogP contribution in [0.5, 0.6) is 0 Å². The van der Waals surface area contributed by atoms with Crippen LogP contribution < -0.4 is 5.32 Å². The van der Waals surface area contributed by atoms with E-state index in [4.69, 9.17) is 23.2 Å². The van der Waals surface area contributed by atoms with Gasteiger partial charge in [0.25, 0.3) is 0 Å². The number of rotatable bonds is 11. The number of nitrogens with zero attached hydrogens (tertiary/aromatic N) is 1. The minimum Gasteiger partial charge on any atom is -0.352 e. The van der Waals surface area contributed by atoms with Crippen LogP contribution in [0.3, 0.4) is 0 Å². The minimum absolute atomic E-state index is 0.0599. The molecule has 0 radical (unpaired) electrons. The van der Waals surface area contributed by atoms with Crippen molar-refractivity contribution in [2.45, 2.75) is 50.2 Å². The van der Waals surface area contributed by atoms with Crippen molar-refractivity contribution >= 4 is 46.8 Å². The highest BCUT2D eigenvalue weighted by Gasteiger charge is 2.31. The van der Waals surface area contributed by atoms with Gasteiger partial charge in [-0.1, -0.05) is 77.8 Å². The normalized spacial score (nSPS) is 11.8. The fraction of sp³-hybridized carbons (Fsp3) is 0.286. The highest BCUT2D eigenvalue weighted by molar-refractivity contribution is 7.99. The molecule has 0 aliphatic carbocycles. The maximum absolute atomic E-state index is 13.6. The smallest absolute Gasteiger partial charge is 0.243 e. The molecule has 0 bridgehead atoms. The van der Waals surface area contributed by atoms with Crippen LogP contribution in [-0.4, -0.2) is 34.6 Å². The quantitative estimate of drug-likeness (QED) is 0.283. The van der Waals surface area contributed by atoms with E-state index < -0.39 is 6.04 Å². The molecule has 1 unspecified atom stereocenters. The first-order chi connectivity index (χ1) is 16.8. The third-order valence-electron chi connectivity index (χ3n) is 5.42. The predicted molar refractivity (Wildman–Crippen MR) is 146 cm³/mol. The Morgan fingerprint density at radius 1 is 0.886 bits per heavy atom. The fourth-order valence-corrected chi connectivity index (χ4v) is 5.08. The molecule has 1 atom stereocenters. The average molecular weight is 530 g/mol. The molecule has 0 saturated carbocycles. The summed E-state index contributed by atoms with van der Waals surface area (Å²) in [5.74, 6) is 0.278. The zero-order valence-corrected chi connectivity index (χ0v) is 22.2. The lowest BCUT2D eigenvalue weighted by Gasteiger charge is -2.32. The van der Waals surface area contributed by atoms with E-state index in [0.29, 0.717) is 27.8 Å². The number of hydrogen-bond acceptors (Lipinski definition) is 3. The summed E-state index contributed by atoms with van der Waals surface area (Å²) in [6.45, 7) is 3.96. The van der Waals surface area contributed by atoms with Crippen LogP contribution in [-0.2, 0) is 22.6 Å². The molecular formula is C28H30Cl2N2O2S. The van der Waals surface area contributed by atoms with Gasteiger partial charge in [0.15, 0.2) is 0 Å². The van der Waals surface area contributed by atoms with E-state index in [1.54, 1.807) is 34.9 Å². The van der Waals surface area contributed by atoms with Crippen LogP contribution in [0.2, 0.25) is 10.0 Å². The number of carbonyl (C=O) groups excluding carboxylic acids is 2. The first kappa shape index (κ1) is 27.1. The van der Waals surface area contributed by atoms with Gasteiger partial charge in [-0.25, -0.2) is 0 Å². The molecule has 3 aromatic rings. The monoisotopic (exact) mass is 528 g/mol. The second kappa shape index (κ2) is 13.6. The zero-order valence-electron chi connectivity index (χ0n) is 19.9. The first-order valence-electron chi connectivity index (χ1n) is 11.6. The minimum atomic E-state index is -0.707. The van der Waals surface area contributed by atoms with Gasteiger partial charge in [-0.3, -0.25) is 9.59 Å². The number of nitrogens with one attached hydrogen (secondary N) is 1. The number of amides is 2. The van der Waals surface area contributed by atoms with Crippen molar-refractivity contribution in [3.05, 3.63) is 100 Å². The van der Waals surface area contributed by atoms with Gasteiger partial charge in [0.1, 0.15) is 6.04 Å². The molecule has 7 heteroatoms. The molecule has 3 rings (SSSR count). The van der Waals surface area contributed by atoms with Crippen molar-refractivity contribution in [1.29, 1.82) is 0 Å². The lowest BCUT2D eigenvalue weighted by molar-refractivity contribution is -0.141. The Bertz CT molecular complexity index is 1090. The van der Waals surface area contributed by atoms with E-state index in [9.17, 15) is 9.59 Å². The average Bonchev–Trinajstić information content (AvgIpc) is 2.83. The molecule has 0 aliphatic heterocycles. The second-order valence-corrected chi connectivity index (χ2v) is 10.5. The Kier molecular flexibility index (Phi) is 10.5. The zero-order chi connectivity index (χ0) is 25.2. The standard InChI is InChI=1S/C28H30Cl2N2O2S/c1-20(2)31-28(34)26(18-21-10-5-3-6-11-21)32(19-23-24(29)14-9-15-25(23)30)27(33)16-17-35-22-12-7-4-8-13-22/h3-15,20,26H,16-19H2,1-2H3,(H,31,34). The highest BCUT2D eigenvalue weighted by Crippen LogP contribution is 2.28. The van der Waals surface area contributed by atoms with E-state index in [1.165, 1.54) is 0 Å². The summed E-state index contributed by atoms with van der Waals surface area (Å²) in [4.78, 5) is 29.7. The molecule has 0 aliphatic rings. The topological polar surface area (TPSA) is 49.4 Å². The Hall–Kier alpha value is -2.47. The summed E-state index contributed by atoms with van der Waals surface area (Å²) < 4.78 is 0. The van der Waals surface area contributed by atoms with Crippen LogP contribution >= 0.6 is 35.0 Å². The third kappa shape index (κ3) is 8.31. The summed E-state index contributed by atoms with van der Waals surface area (Å²) in [6.07, 6.45) is 0.668. The van der Waals surface area contributed by atoms with Gasteiger partial charge < -0.3 is 10.2 Å². The largest absolute Gasteiger partial charge is 0.352 e. The van der Waals surface area contributed by atoms with Gasteiger partial charge in [-0.15, -0.1) is 11.8 Å². The van der Waals surface area contributed by atoms with E-state index in [-0.39, 0.29) is 30.8 Å². The third-order valence-corrected chi connectivity index (χ3v) is 7.14. The van der Waals surface area contributed by atoms with Crippen molar-refractivity contribution in [3.63, 3.8) is 0 Å².